The van der Waals surface area contributed by atoms with Gasteiger partial charge in [-0.2, -0.15) is 13.2 Å². The normalized spacial score (nSPS) is 22.0. The van der Waals surface area contributed by atoms with Crippen LogP contribution in [0.5, 0.6) is 0 Å². The van der Waals surface area contributed by atoms with E-state index in [2.05, 4.69) is 15.3 Å². The van der Waals surface area contributed by atoms with Crippen molar-refractivity contribution in [1.29, 1.82) is 0 Å². The first-order valence-corrected chi connectivity index (χ1v) is 8.83. The summed E-state index contributed by atoms with van der Waals surface area (Å²) in [6, 6.07) is -0.0794. The van der Waals surface area contributed by atoms with E-state index in [0.29, 0.717) is 51.4 Å². The highest BCUT2D eigenvalue weighted by Gasteiger charge is 2.52. The van der Waals surface area contributed by atoms with Gasteiger partial charge in [0.2, 0.25) is 5.82 Å². The number of alkyl carbamates (subject to hydrolysis) is 1. The number of hydrogen-bond donors (Lipinski definition) is 1. The van der Waals surface area contributed by atoms with Crippen LogP contribution in [0.3, 0.4) is 0 Å². The van der Waals surface area contributed by atoms with Gasteiger partial charge >= 0.3 is 18.3 Å². The summed E-state index contributed by atoms with van der Waals surface area (Å²) in [5.74, 6) is -1.15. The molecule has 152 valence electrons. The predicted molar refractivity (Wildman–Crippen MR) is 88.1 cm³/mol. The molecule has 3 aliphatic heterocycles. The Hall–Kier alpha value is -2.63. The first-order chi connectivity index (χ1) is 13.2. The molecule has 1 aromatic rings. The lowest BCUT2D eigenvalue weighted by atomic mass is 9.92. The number of amides is 3. The molecule has 0 aliphatic carbocycles. The van der Waals surface area contributed by atoms with Crippen LogP contribution in [0.25, 0.3) is 0 Å². The summed E-state index contributed by atoms with van der Waals surface area (Å²) in [5, 5.41) is 2.74. The summed E-state index contributed by atoms with van der Waals surface area (Å²) < 4.78 is 42.4. The number of cyclic esters (lactones) is 1. The highest BCUT2D eigenvalue weighted by Crippen LogP contribution is 2.27. The third-order valence-electron chi connectivity index (χ3n) is 5.11. The number of halogens is 3. The van der Waals surface area contributed by atoms with E-state index in [0.717, 1.165) is 0 Å². The molecule has 3 amide bonds. The Balaban J connectivity index is 1.24. The molecule has 0 aromatic carbocycles. The van der Waals surface area contributed by atoms with Crippen LogP contribution in [0.15, 0.2) is 12.4 Å². The lowest BCUT2D eigenvalue weighted by Crippen LogP contribution is -2.71. The molecule has 4 heterocycles. The number of piperazine rings is 1. The van der Waals surface area contributed by atoms with Crippen molar-refractivity contribution in [2.24, 2.45) is 0 Å². The van der Waals surface area contributed by atoms with Gasteiger partial charge in [0.05, 0.1) is 13.1 Å². The smallest absolute Gasteiger partial charge is 0.447 e. The molecule has 1 aromatic heterocycles. The topological polar surface area (TPSA) is 90.9 Å². The summed E-state index contributed by atoms with van der Waals surface area (Å²) in [6.45, 7) is 3.81. The van der Waals surface area contributed by atoms with Crippen molar-refractivity contribution in [2.75, 3.05) is 45.9 Å². The summed E-state index contributed by atoms with van der Waals surface area (Å²) in [4.78, 5) is 35.9. The summed E-state index contributed by atoms with van der Waals surface area (Å²) in [7, 11) is 0. The molecule has 0 unspecified atom stereocenters. The van der Waals surface area contributed by atoms with Crippen molar-refractivity contribution in [3.05, 3.63) is 23.8 Å². The number of nitrogens with zero attached hydrogens (tertiary/aromatic N) is 5. The van der Waals surface area contributed by atoms with Gasteiger partial charge in [0, 0.05) is 50.7 Å². The third kappa shape index (κ3) is 3.68. The highest BCUT2D eigenvalue weighted by molar-refractivity contribution is 5.78. The number of hydrogen-bond acceptors (Lipinski definition) is 6. The van der Waals surface area contributed by atoms with Gasteiger partial charge in [-0.1, -0.05) is 0 Å². The maximum absolute atomic E-state index is 12.6. The van der Waals surface area contributed by atoms with E-state index in [-0.39, 0.29) is 12.6 Å². The summed E-state index contributed by atoms with van der Waals surface area (Å²) >= 11 is 0. The lowest BCUT2D eigenvalue weighted by molar-refractivity contribution is -0.145. The molecule has 1 N–H and O–H groups in total. The van der Waals surface area contributed by atoms with Crippen molar-refractivity contribution in [3.8, 4) is 0 Å². The van der Waals surface area contributed by atoms with Crippen LogP contribution in [-0.2, 0) is 17.5 Å². The number of urea groups is 1. The fourth-order valence-corrected chi connectivity index (χ4v) is 3.62. The van der Waals surface area contributed by atoms with Gasteiger partial charge in [0.1, 0.15) is 12.1 Å². The largest absolute Gasteiger partial charge is 0.451 e. The van der Waals surface area contributed by atoms with Crippen LogP contribution in [0.4, 0.5) is 22.8 Å². The zero-order chi connectivity index (χ0) is 19.9. The van der Waals surface area contributed by atoms with Gasteiger partial charge in [-0.25, -0.2) is 19.6 Å². The summed E-state index contributed by atoms with van der Waals surface area (Å²) in [5.41, 5.74) is 0.145. The van der Waals surface area contributed by atoms with Gasteiger partial charge in [-0.3, -0.25) is 4.90 Å². The zero-order valence-electron chi connectivity index (χ0n) is 14.9. The molecule has 3 fully saturated rings. The Bertz CT molecular complexity index is 758. The lowest BCUT2D eigenvalue weighted by Gasteiger charge is -2.48. The van der Waals surface area contributed by atoms with Gasteiger partial charge in [0.15, 0.2) is 0 Å². The van der Waals surface area contributed by atoms with Crippen LogP contribution in [-0.4, -0.2) is 88.2 Å². The van der Waals surface area contributed by atoms with Crippen LogP contribution in [0, 0.1) is 0 Å². The van der Waals surface area contributed by atoms with Crippen LogP contribution in [0.2, 0.25) is 0 Å². The predicted octanol–water partition coefficient (Wildman–Crippen LogP) is 0.527. The maximum Gasteiger partial charge on any atom is 0.451 e. The Morgan fingerprint density at radius 3 is 2.32 bits per heavy atom. The molecule has 3 aliphatic rings. The van der Waals surface area contributed by atoms with E-state index in [1.807, 2.05) is 4.90 Å². The van der Waals surface area contributed by atoms with Crippen molar-refractivity contribution in [3.63, 3.8) is 0 Å². The van der Waals surface area contributed by atoms with E-state index < -0.39 is 23.6 Å². The van der Waals surface area contributed by atoms with E-state index >= 15 is 0 Å². The Morgan fingerprint density at radius 1 is 1.14 bits per heavy atom. The Labute approximate surface area is 158 Å². The van der Waals surface area contributed by atoms with Gasteiger partial charge in [-0.15, -0.1) is 0 Å². The molecule has 1 spiro atoms. The molecule has 0 atom stereocenters. The molecule has 0 radical (unpaired) electrons. The first kappa shape index (κ1) is 18.7. The van der Waals surface area contributed by atoms with Crippen LogP contribution < -0.4 is 5.32 Å². The number of ether oxygens (including phenoxy) is 1. The molecule has 4 rings (SSSR count). The van der Waals surface area contributed by atoms with Gasteiger partial charge in [-0.05, 0) is 0 Å². The molecule has 12 heteroatoms. The van der Waals surface area contributed by atoms with Crippen molar-refractivity contribution >= 4 is 12.1 Å². The zero-order valence-corrected chi connectivity index (χ0v) is 14.9. The van der Waals surface area contributed by atoms with Crippen molar-refractivity contribution in [2.45, 2.75) is 18.3 Å². The Kier molecular flexibility index (Phi) is 4.52. The van der Waals surface area contributed by atoms with E-state index in [1.165, 1.54) is 12.4 Å². The average Bonchev–Trinajstić information content (AvgIpc) is 3.02. The number of carbonyl (C=O) groups is 2. The second-order valence-electron chi connectivity index (χ2n) is 7.30. The number of rotatable bonds is 2. The standard InChI is InChI=1S/C16H19F3N6O3/c17-16(18,19)12-20-5-11(6-21-12)7-23-1-3-24(4-2-23)14(27)25-8-15(9-25)10-28-13(26)22-15/h5-6H,1-4,7-10H2,(H,22,26). The maximum atomic E-state index is 12.6. The second kappa shape index (κ2) is 6.76. The van der Waals surface area contributed by atoms with E-state index in [1.54, 1.807) is 9.80 Å². The van der Waals surface area contributed by atoms with Crippen LogP contribution >= 0.6 is 0 Å². The molecule has 0 bridgehead atoms. The van der Waals surface area contributed by atoms with Gasteiger partial charge < -0.3 is 19.9 Å². The molecule has 9 nitrogen and oxygen atoms in total. The van der Waals surface area contributed by atoms with E-state index in [9.17, 15) is 22.8 Å². The summed E-state index contributed by atoms with van der Waals surface area (Å²) in [6.07, 6.45) is -2.63. The average molecular weight is 400 g/mol. The van der Waals surface area contributed by atoms with Crippen molar-refractivity contribution < 1.29 is 27.5 Å². The molecule has 3 saturated heterocycles. The molecular weight excluding hydrogens is 381 g/mol. The number of carbonyl (C=O) groups excluding carboxylic acids is 2. The first-order valence-electron chi connectivity index (χ1n) is 8.83. The fraction of sp³-hybridized carbons (Fsp3) is 0.625. The molecular formula is C16H19F3N6O3. The Morgan fingerprint density at radius 2 is 1.79 bits per heavy atom. The number of likely N-dealkylation sites (tertiary alicyclic amines) is 1. The molecule has 0 saturated carbocycles. The number of aromatic nitrogens is 2. The SMILES string of the molecule is O=C1NC2(CO1)CN(C(=O)N1CCN(Cc3cnc(C(F)(F)F)nc3)CC1)C2. The number of alkyl halides is 3. The minimum atomic E-state index is -4.55. The van der Waals surface area contributed by atoms with E-state index in [4.69, 9.17) is 4.74 Å². The van der Waals surface area contributed by atoms with Crippen LogP contribution in [0.1, 0.15) is 11.4 Å². The van der Waals surface area contributed by atoms with Gasteiger partial charge in [0.25, 0.3) is 0 Å². The van der Waals surface area contributed by atoms with Crippen molar-refractivity contribution in [1.82, 2.24) is 30.0 Å². The third-order valence-corrected chi connectivity index (χ3v) is 5.11. The second-order valence-corrected chi connectivity index (χ2v) is 7.30. The monoisotopic (exact) mass is 400 g/mol. The minimum Gasteiger partial charge on any atom is -0.447 e. The minimum absolute atomic E-state index is 0.0794. The molecule has 28 heavy (non-hydrogen) atoms. The fourth-order valence-electron chi connectivity index (χ4n) is 3.62. The highest BCUT2D eigenvalue weighted by atomic mass is 19.4. The quantitative estimate of drug-likeness (QED) is 0.779. The number of nitrogens with one attached hydrogen (secondary N) is 1.